The van der Waals surface area contributed by atoms with Crippen molar-refractivity contribution in [1.29, 1.82) is 0 Å². The number of carbonyl (C=O) groups excluding carboxylic acids is 1. The molecule has 0 radical (unpaired) electrons. The Labute approximate surface area is 133 Å². The third kappa shape index (κ3) is 3.52. The van der Waals surface area contributed by atoms with Crippen LogP contribution in [0.4, 0.5) is 13.2 Å². The summed E-state index contributed by atoms with van der Waals surface area (Å²) in [6, 6.07) is 7.87. The summed E-state index contributed by atoms with van der Waals surface area (Å²) in [6.07, 6.45) is -2.31. The standard InChI is InChI=1S/C17H21F3N2O/c18-17(19,20)15(12-4-2-1-3-5-12)10-16(23)22-13-6-7-14(22)11-21-9-8-13/h1-5,13-15,21H,6-11H2. The molecule has 126 valence electrons. The summed E-state index contributed by atoms with van der Waals surface area (Å²) in [7, 11) is 0. The number of nitrogens with one attached hydrogen (secondary N) is 1. The Morgan fingerprint density at radius 3 is 2.57 bits per heavy atom. The Kier molecular flexibility index (Phi) is 4.62. The van der Waals surface area contributed by atoms with E-state index in [4.69, 9.17) is 0 Å². The summed E-state index contributed by atoms with van der Waals surface area (Å²) >= 11 is 0. The first kappa shape index (κ1) is 16.3. The van der Waals surface area contributed by atoms with E-state index in [2.05, 4.69) is 5.32 Å². The van der Waals surface area contributed by atoms with Gasteiger partial charge in [0.25, 0.3) is 0 Å². The number of hydrogen-bond donors (Lipinski definition) is 1. The third-order valence-corrected chi connectivity index (χ3v) is 4.92. The van der Waals surface area contributed by atoms with Crippen LogP contribution < -0.4 is 5.32 Å². The highest BCUT2D eigenvalue weighted by Gasteiger charge is 2.45. The van der Waals surface area contributed by atoms with E-state index in [1.807, 2.05) is 0 Å². The van der Waals surface area contributed by atoms with Gasteiger partial charge in [-0.1, -0.05) is 30.3 Å². The molecular formula is C17H21F3N2O. The van der Waals surface area contributed by atoms with Crippen LogP contribution in [0, 0.1) is 0 Å². The van der Waals surface area contributed by atoms with Gasteiger partial charge in [-0.15, -0.1) is 0 Å². The number of carbonyl (C=O) groups is 1. The molecule has 3 atom stereocenters. The topological polar surface area (TPSA) is 32.3 Å². The molecule has 1 aromatic carbocycles. The second-order valence-electron chi connectivity index (χ2n) is 6.39. The molecule has 23 heavy (non-hydrogen) atoms. The fraction of sp³-hybridized carbons (Fsp3) is 0.588. The number of amides is 1. The highest BCUT2D eigenvalue weighted by Crippen LogP contribution is 2.39. The van der Waals surface area contributed by atoms with Crippen LogP contribution in [0.5, 0.6) is 0 Å². The summed E-state index contributed by atoms with van der Waals surface area (Å²) in [4.78, 5) is 14.4. The predicted molar refractivity (Wildman–Crippen MR) is 81.0 cm³/mol. The molecule has 0 aliphatic carbocycles. The monoisotopic (exact) mass is 326 g/mol. The van der Waals surface area contributed by atoms with Crippen molar-refractivity contribution in [3.63, 3.8) is 0 Å². The molecule has 3 nitrogen and oxygen atoms in total. The van der Waals surface area contributed by atoms with E-state index in [1.165, 1.54) is 12.1 Å². The first-order chi connectivity index (χ1) is 11.0. The maximum Gasteiger partial charge on any atom is 0.396 e. The molecule has 0 spiro atoms. The van der Waals surface area contributed by atoms with Crippen LogP contribution in [0.1, 0.15) is 37.2 Å². The van der Waals surface area contributed by atoms with Crippen LogP contribution in [0.2, 0.25) is 0 Å². The van der Waals surface area contributed by atoms with Crippen LogP contribution in [-0.4, -0.2) is 42.2 Å². The van der Waals surface area contributed by atoms with E-state index in [1.54, 1.807) is 23.1 Å². The Balaban J connectivity index is 1.79. The van der Waals surface area contributed by atoms with Gasteiger partial charge in [-0.25, -0.2) is 0 Å². The highest BCUT2D eigenvalue weighted by atomic mass is 19.4. The molecule has 2 aliphatic heterocycles. The zero-order valence-corrected chi connectivity index (χ0v) is 12.9. The number of fused-ring (bicyclic) bond motifs is 2. The Morgan fingerprint density at radius 1 is 1.17 bits per heavy atom. The lowest BCUT2D eigenvalue weighted by atomic mass is 9.94. The summed E-state index contributed by atoms with van der Waals surface area (Å²) in [6.45, 7) is 1.51. The molecule has 1 N–H and O–H groups in total. The largest absolute Gasteiger partial charge is 0.396 e. The van der Waals surface area contributed by atoms with E-state index in [9.17, 15) is 18.0 Å². The number of hydrogen-bond acceptors (Lipinski definition) is 2. The van der Waals surface area contributed by atoms with Crippen LogP contribution >= 0.6 is 0 Å². The summed E-state index contributed by atoms with van der Waals surface area (Å²) in [5.74, 6) is -2.10. The SMILES string of the molecule is O=C(CC(c1ccccc1)C(F)(F)F)N1C2CCNCC1CC2. The highest BCUT2D eigenvalue weighted by molar-refractivity contribution is 5.78. The van der Waals surface area contributed by atoms with E-state index in [0.29, 0.717) is 6.54 Å². The Hall–Kier alpha value is -1.56. The van der Waals surface area contributed by atoms with Crippen molar-refractivity contribution < 1.29 is 18.0 Å². The van der Waals surface area contributed by atoms with Gasteiger partial charge in [0.05, 0.1) is 5.92 Å². The normalized spacial score (nSPS) is 26.0. The number of alkyl halides is 3. The van der Waals surface area contributed by atoms with Crippen molar-refractivity contribution >= 4 is 5.91 Å². The molecule has 0 saturated carbocycles. The summed E-state index contributed by atoms with van der Waals surface area (Å²) < 4.78 is 40.3. The van der Waals surface area contributed by atoms with Gasteiger partial charge in [-0.05, 0) is 31.4 Å². The number of benzene rings is 1. The van der Waals surface area contributed by atoms with Gasteiger partial charge < -0.3 is 10.2 Å². The number of rotatable bonds is 3. The van der Waals surface area contributed by atoms with Crippen LogP contribution in [0.15, 0.2) is 30.3 Å². The zero-order chi connectivity index (χ0) is 16.4. The number of halogens is 3. The van der Waals surface area contributed by atoms with Gasteiger partial charge in [-0.2, -0.15) is 13.2 Å². The third-order valence-electron chi connectivity index (χ3n) is 4.92. The van der Waals surface area contributed by atoms with Gasteiger partial charge in [0.2, 0.25) is 5.91 Å². The fourth-order valence-electron chi connectivity index (χ4n) is 3.78. The first-order valence-corrected chi connectivity index (χ1v) is 8.10. The zero-order valence-electron chi connectivity index (χ0n) is 12.9. The van der Waals surface area contributed by atoms with Crippen LogP contribution in [0.25, 0.3) is 0 Å². The molecule has 2 heterocycles. The molecule has 1 amide bonds. The summed E-state index contributed by atoms with van der Waals surface area (Å²) in [5.41, 5.74) is 0.161. The molecule has 2 aliphatic rings. The molecule has 3 unspecified atom stereocenters. The van der Waals surface area contributed by atoms with Crippen molar-refractivity contribution in [1.82, 2.24) is 10.2 Å². The van der Waals surface area contributed by atoms with Crippen LogP contribution in [0.3, 0.4) is 0 Å². The quantitative estimate of drug-likeness (QED) is 0.926. The Bertz CT molecular complexity index is 533. The minimum absolute atomic E-state index is 0.0413. The molecule has 0 aromatic heterocycles. The average molecular weight is 326 g/mol. The van der Waals surface area contributed by atoms with E-state index in [-0.39, 0.29) is 23.6 Å². The molecule has 2 bridgehead atoms. The molecular weight excluding hydrogens is 305 g/mol. The van der Waals surface area contributed by atoms with Gasteiger partial charge in [-0.3, -0.25) is 4.79 Å². The van der Waals surface area contributed by atoms with Crippen molar-refractivity contribution in [2.24, 2.45) is 0 Å². The molecule has 2 fully saturated rings. The van der Waals surface area contributed by atoms with Crippen LogP contribution in [-0.2, 0) is 4.79 Å². The van der Waals surface area contributed by atoms with E-state index < -0.39 is 18.5 Å². The molecule has 3 rings (SSSR count). The van der Waals surface area contributed by atoms with Crippen molar-refractivity contribution in [2.45, 2.75) is 49.9 Å². The molecule has 1 aromatic rings. The lowest BCUT2D eigenvalue weighted by molar-refractivity contribution is -0.161. The van der Waals surface area contributed by atoms with Gasteiger partial charge in [0.1, 0.15) is 0 Å². The van der Waals surface area contributed by atoms with Crippen molar-refractivity contribution in [3.8, 4) is 0 Å². The second kappa shape index (κ2) is 6.51. The maximum atomic E-state index is 13.4. The van der Waals surface area contributed by atoms with Crippen molar-refractivity contribution in [2.75, 3.05) is 13.1 Å². The average Bonchev–Trinajstić information content (AvgIpc) is 2.77. The van der Waals surface area contributed by atoms with Gasteiger partial charge in [0, 0.05) is 25.0 Å². The minimum atomic E-state index is -4.42. The van der Waals surface area contributed by atoms with E-state index in [0.717, 1.165) is 25.8 Å². The molecule has 6 heteroatoms. The first-order valence-electron chi connectivity index (χ1n) is 8.10. The van der Waals surface area contributed by atoms with Gasteiger partial charge in [0.15, 0.2) is 0 Å². The lowest BCUT2D eigenvalue weighted by Crippen LogP contribution is -2.43. The second-order valence-corrected chi connectivity index (χ2v) is 6.39. The minimum Gasteiger partial charge on any atom is -0.335 e. The van der Waals surface area contributed by atoms with Crippen molar-refractivity contribution in [3.05, 3.63) is 35.9 Å². The predicted octanol–water partition coefficient (Wildman–Crippen LogP) is 3.08. The molecule has 2 saturated heterocycles. The Morgan fingerprint density at radius 2 is 1.87 bits per heavy atom. The van der Waals surface area contributed by atoms with E-state index >= 15 is 0 Å². The maximum absolute atomic E-state index is 13.4. The van der Waals surface area contributed by atoms with Gasteiger partial charge >= 0.3 is 6.18 Å². The number of nitrogens with zero attached hydrogens (tertiary/aromatic N) is 1. The smallest absolute Gasteiger partial charge is 0.335 e. The summed E-state index contributed by atoms with van der Waals surface area (Å²) in [5, 5.41) is 3.26. The fourth-order valence-corrected chi connectivity index (χ4v) is 3.78. The lowest BCUT2D eigenvalue weighted by Gasteiger charge is -2.30.